The summed E-state index contributed by atoms with van der Waals surface area (Å²) in [4.78, 5) is 4.21. The van der Waals surface area contributed by atoms with E-state index in [-0.39, 0.29) is 40.0 Å². The van der Waals surface area contributed by atoms with Gasteiger partial charge in [0.15, 0.2) is 5.96 Å². The molecule has 2 rings (SSSR count). The first-order valence-corrected chi connectivity index (χ1v) is 9.68. The quantitative estimate of drug-likeness (QED) is 0.373. The standard InChI is InChI=1S/C18H28FN3OS.HI/c1-17(2,3)24(23)11-10-21-16(20-4)22-13-18(8-9-18)14-6-5-7-15(19)12-14;/h5-7,12H,8-11,13H2,1-4H3,(H2,20,21,22);1H. The lowest BCUT2D eigenvalue weighted by Gasteiger charge is -2.20. The first-order valence-electron chi connectivity index (χ1n) is 8.36. The highest BCUT2D eigenvalue weighted by Crippen LogP contribution is 2.47. The van der Waals surface area contributed by atoms with Crippen molar-refractivity contribution in [3.8, 4) is 0 Å². The molecule has 7 heteroatoms. The number of benzene rings is 1. The molecule has 0 amide bonds. The van der Waals surface area contributed by atoms with Gasteiger partial charge in [0.05, 0.1) is 0 Å². The van der Waals surface area contributed by atoms with E-state index in [1.165, 1.54) is 6.07 Å². The molecule has 1 aliphatic rings. The van der Waals surface area contributed by atoms with Gasteiger partial charge in [-0.05, 0) is 51.3 Å². The molecule has 0 saturated heterocycles. The zero-order valence-corrected chi connectivity index (χ0v) is 18.5. The second kappa shape index (κ2) is 9.30. The van der Waals surface area contributed by atoms with Crippen LogP contribution in [0.4, 0.5) is 4.39 Å². The summed E-state index contributed by atoms with van der Waals surface area (Å²) in [5.41, 5.74) is 1.05. The molecule has 1 aromatic rings. The van der Waals surface area contributed by atoms with E-state index in [0.717, 1.165) is 24.9 Å². The van der Waals surface area contributed by atoms with Gasteiger partial charge in [0.1, 0.15) is 5.82 Å². The average molecular weight is 481 g/mol. The van der Waals surface area contributed by atoms with Gasteiger partial charge >= 0.3 is 0 Å². The van der Waals surface area contributed by atoms with E-state index in [9.17, 15) is 8.60 Å². The third-order valence-corrected chi connectivity index (χ3v) is 6.31. The molecule has 4 nitrogen and oxygen atoms in total. The van der Waals surface area contributed by atoms with Crippen LogP contribution >= 0.6 is 24.0 Å². The van der Waals surface area contributed by atoms with Crippen molar-refractivity contribution >= 4 is 40.7 Å². The average Bonchev–Trinajstić information content (AvgIpc) is 3.30. The number of aliphatic imine (C=N–C) groups is 1. The fourth-order valence-electron chi connectivity index (χ4n) is 2.58. The number of nitrogens with zero attached hydrogens (tertiary/aromatic N) is 1. The van der Waals surface area contributed by atoms with Gasteiger partial charge in [-0.1, -0.05) is 12.1 Å². The molecule has 1 fully saturated rings. The topological polar surface area (TPSA) is 53.5 Å². The van der Waals surface area contributed by atoms with Crippen LogP contribution in [0.1, 0.15) is 39.2 Å². The van der Waals surface area contributed by atoms with Gasteiger partial charge in [-0.3, -0.25) is 9.20 Å². The number of halogens is 2. The van der Waals surface area contributed by atoms with E-state index < -0.39 is 10.8 Å². The summed E-state index contributed by atoms with van der Waals surface area (Å²) in [6.07, 6.45) is 2.10. The van der Waals surface area contributed by atoms with Crippen molar-refractivity contribution < 1.29 is 8.60 Å². The summed E-state index contributed by atoms with van der Waals surface area (Å²) < 4.78 is 25.3. The summed E-state index contributed by atoms with van der Waals surface area (Å²) in [5, 5.41) is 6.53. The number of hydrogen-bond donors (Lipinski definition) is 2. The maximum Gasteiger partial charge on any atom is 0.191 e. The van der Waals surface area contributed by atoms with E-state index in [0.29, 0.717) is 18.3 Å². The SMILES string of the molecule is CN=C(NCCS(=O)C(C)(C)C)NCC1(c2cccc(F)c2)CC1.I. The van der Waals surface area contributed by atoms with Crippen LogP contribution < -0.4 is 10.6 Å². The molecule has 1 unspecified atom stereocenters. The molecule has 0 aliphatic heterocycles. The summed E-state index contributed by atoms with van der Waals surface area (Å²) in [6.45, 7) is 7.26. The lowest BCUT2D eigenvalue weighted by Crippen LogP contribution is -2.43. The van der Waals surface area contributed by atoms with Gasteiger partial charge in [0.25, 0.3) is 0 Å². The zero-order valence-electron chi connectivity index (χ0n) is 15.4. The van der Waals surface area contributed by atoms with E-state index >= 15 is 0 Å². The van der Waals surface area contributed by atoms with Crippen LogP contribution in [0.5, 0.6) is 0 Å². The molecule has 1 aromatic carbocycles. The van der Waals surface area contributed by atoms with E-state index in [2.05, 4.69) is 15.6 Å². The molecule has 142 valence electrons. The van der Waals surface area contributed by atoms with E-state index in [4.69, 9.17) is 0 Å². The molecule has 0 bridgehead atoms. The highest BCUT2D eigenvalue weighted by Gasteiger charge is 2.44. The van der Waals surface area contributed by atoms with Gasteiger partial charge in [-0.15, -0.1) is 24.0 Å². The van der Waals surface area contributed by atoms with Crippen LogP contribution in [0.15, 0.2) is 29.3 Å². The Kier molecular flexibility index (Phi) is 8.31. The van der Waals surface area contributed by atoms with Crippen molar-refractivity contribution in [3.63, 3.8) is 0 Å². The van der Waals surface area contributed by atoms with Crippen LogP contribution in [-0.4, -0.2) is 40.8 Å². The van der Waals surface area contributed by atoms with Crippen molar-refractivity contribution in [3.05, 3.63) is 35.6 Å². The predicted octanol–water partition coefficient (Wildman–Crippen LogP) is 3.19. The van der Waals surface area contributed by atoms with Crippen LogP contribution in [0.3, 0.4) is 0 Å². The summed E-state index contributed by atoms with van der Waals surface area (Å²) >= 11 is 0. The fourth-order valence-corrected chi connectivity index (χ4v) is 3.48. The highest BCUT2D eigenvalue weighted by molar-refractivity contribution is 14.0. The molecule has 0 radical (unpaired) electrons. The Balaban J connectivity index is 0.00000312. The summed E-state index contributed by atoms with van der Waals surface area (Å²) in [5.74, 6) is 1.09. The van der Waals surface area contributed by atoms with Crippen LogP contribution in [0, 0.1) is 5.82 Å². The largest absolute Gasteiger partial charge is 0.356 e. The maximum atomic E-state index is 13.4. The van der Waals surface area contributed by atoms with Gasteiger partial charge in [0, 0.05) is 46.9 Å². The smallest absolute Gasteiger partial charge is 0.191 e. The highest BCUT2D eigenvalue weighted by atomic mass is 127. The number of hydrogen-bond acceptors (Lipinski definition) is 2. The van der Waals surface area contributed by atoms with Crippen molar-refractivity contribution in [2.45, 2.75) is 43.8 Å². The Morgan fingerprint density at radius 1 is 1.32 bits per heavy atom. The van der Waals surface area contributed by atoms with Gasteiger partial charge in [0.2, 0.25) is 0 Å². The molecule has 1 aliphatic carbocycles. The Bertz CT molecular complexity index is 627. The lowest BCUT2D eigenvalue weighted by atomic mass is 9.96. The third kappa shape index (κ3) is 6.51. The Labute approximate surface area is 169 Å². The molecule has 0 aromatic heterocycles. The fraction of sp³-hybridized carbons (Fsp3) is 0.611. The second-order valence-corrected chi connectivity index (χ2v) is 9.63. The third-order valence-electron chi connectivity index (χ3n) is 4.37. The van der Waals surface area contributed by atoms with Crippen molar-refractivity contribution in [1.82, 2.24) is 10.6 Å². The van der Waals surface area contributed by atoms with Crippen LogP contribution in [0.25, 0.3) is 0 Å². The Hall–Kier alpha value is -0.700. The van der Waals surface area contributed by atoms with Crippen LogP contribution in [-0.2, 0) is 16.2 Å². The first kappa shape index (κ1) is 22.3. The maximum absolute atomic E-state index is 13.4. The molecular weight excluding hydrogens is 452 g/mol. The molecule has 1 atom stereocenters. The zero-order chi connectivity index (χ0) is 17.8. The minimum Gasteiger partial charge on any atom is -0.356 e. The molecule has 1 saturated carbocycles. The monoisotopic (exact) mass is 481 g/mol. The Morgan fingerprint density at radius 3 is 2.52 bits per heavy atom. The van der Waals surface area contributed by atoms with Gasteiger partial charge in [-0.25, -0.2) is 4.39 Å². The lowest BCUT2D eigenvalue weighted by molar-refractivity contribution is 0.607. The predicted molar refractivity (Wildman–Crippen MR) is 115 cm³/mol. The Morgan fingerprint density at radius 2 is 2.00 bits per heavy atom. The summed E-state index contributed by atoms with van der Waals surface area (Å²) in [7, 11) is 0.836. The van der Waals surface area contributed by atoms with Crippen LogP contribution in [0.2, 0.25) is 0 Å². The van der Waals surface area contributed by atoms with Gasteiger partial charge in [-0.2, -0.15) is 0 Å². The minimum absolute atomic E-state index is 0. The molecule has 0 spiro atoms. The normalized spacial score (nSPS) is 17.4. The number of guanidine groups is 1. The van der Waals surface area contributed by atoms with E-state index in [1.54, 1.807) is 19.2 Å². The second-order valence-electron chi connectivity index (χ2n) is 7.31. The molecule has 25 heavy (non-hydrogen) atoms. The molecule has 0 heterocycles. The van der Waals surface area contributed by atoms with E-state index in [1.807, 2.05) is 26.8 Å². The van der Waals surface area contributed by atoms with Gasteiger partial charge < -0.3 is 10.6 Å². The van der Waals surface area contributed by atoms with Crippen molar-refractivity contribution in [1.29, 1.82) is 0 Å². The molecule has 2 N–H and O–H groups in total. The number of rotatable bonds is 6. The van der Waals surface area contributed by atoms with Crippen molar-refractivity contribution in [2.24, 2.45) is 4.99 Å². The molecular formula is C18H29FIN3OS. The first-order chi connectivity index (χ1) is 11.3. The number of nitrogens with one attached hydrogen (secondary N) is 2. The summed E-state index contributed by atoms with van der Waals surface area (Å²) in [6, 6.07) is 6.85. The minimum atomic E-state index is -0.884. The van der Waals surface area contributed by atoms with Crippen molar-refractivity contribution in [2.75, 3.05) is 25.9 Å².